The molecule has 0 unspecified atom stereocenters. The highest BCUT2D eigenvalue weighted by atomic mass is 79.9. The van der Waals surface area contributed by atoms with E-state index in [0.717, 1.165) is 17.7 Å². The Morgan fingerprint density at radius 2 is 2.41 bits per heavy atom. The van der Waals surface area contributed by atoms with Crippen molar-refractivity contribution in [2.75, 3.05) is 20.1 Å². The van der Waals surface area contributed by atoms with Crippen molar-refractivity contribution in [3.63, 3.8) is 0 Å². The van der Waals surface area contributed by atoms with Crippen LogP contribution < -0.4 is 5.32 Å². The van der Waals surface area contributed by atoms with Gasteiger partial charge in [0, 0.05) is 25.3 Å². The van der Waals surface area contributed by atoms with Crippen LogP contribution in [0.5, 0.6) is 0 Å². The monoisotopic (exact) mass is 319 g/mol. The molecule has 17 heavy (non-hydrogen) atoms. The van der Waals surface area contributed by atoms with E-state index in [1.165, 1.54) is 24.9 Å². The van der Waals surface area contributed by atoms with Gasteiger partial charge in [0.15, 0.2) is 0 Å². The minimum absolute atomic E-state index is 0. The molecule has 1 saturated heterocycles. The molecule has 5 heteroatoms. The summed E-state index contributed by atoms with van der Waals surface area (Å²) in [6.45, 7) is 3.28. The van der Waals surface area contributed by atoms with Gasteiger partial charge in [-0.15, -0.1) is 12.4 Å². The van der Waals surface area contributed by atoms with E-state index in [1.54, 1.807) is 0 Å². The van der Waals surface area contributed by atoms with Gasteiger partial charge >= 0.3 is 0 Å². The molecule has 0 aliphatic carbocycles. The van der Waals surface area contributed by atoms with E-state index in [9.17, 15) is 0 Å². The molecule has 1 fully saturated rings. The zero-order valence-corrected chi connectivity index (χ0v) is 12.4. The van der Waals surface area contributed by atoms with E-state index in [0.29, 0.717) is 6.04 Å². The molecule has 1 aromatic rings. The summed E-state index contributed by atoms with van der Waals surface area (Å²) in [7, 11) is 2.20. The summed E-state index contributed by atoms with van der Waals surface area (Å²) in [6.07, 6.45) is 4.44. The first-order chi connectivity index (χ1) is 7.75. The Morgan fingerprint density at radius 3 is 3.06 bits per heavy atom. The second-order valence-corrected chi connectivity index (χ2v) is 5.21. The Hall–Kier alpha value is -0.160. The first kappa shape index (κ1) is 14.9. The molecule has 0 saturated carbocycles. The third-order valence-electron chi connectivity index (χ3n) is 3.12. The molecule has 0 aromatic carbocycles. The van der Waals surface area contributed by atoms with Gasteiger partial charge in [0.1, 0.15) is 4.60 Å². The normalized spacial score (nSPS) is 20.1. The van der Waals surface area contributed by atoms with E-state index in [-0.39, 0.29) is 12.4 Å². The largest absolute Gasteiger partial charge is 0.315 e. The van der Waals surface area contributed by atoms with Crippen LogP contribution in [0.3, 0.4) is 0 Å². The van der Waals surface area contributed by atoms with Crippen LogP contribution in [0.15, 0.2) is 22.9 Å². The number of pyridine rings is 1. The van der Waals surface area contributed by atoms with E-state index in [4.69, 9.17) is 0 Å². The minimum atomic E-state index is 0. The average molecular weight is 321 g/mol. The summed E-state index contributed by atoms with van der Waals surface area (Å²) in [5.74, 6) is 0. The summed E-state index contributed by atoms with van der Waals surface area (Å²) in [5.41, 5.74) is 1.31. The quantitative estimate of drug-likeness (QED) is 0.867. The Balaban J connectivity index is 0.00000144. The highest BCUT2D eigenvalue weighted by Gasteiger charge is 2.17. The smallest absolute Gasteiger partial charge is 0.106 e. The van der Waals surface area contributed by atoms with Crippen molar-refractivity contribution < 1.29 is 0 Å². The van der Waals surface area contributed by atoms with E-state index in [1.807, 2.05) is 6.20 Å². The third kappa shape index (κ3) is 4.54. The van der Waals surface area contributed by atoms with Crippen molar-refractivity contribution in [1.29, 1.82) is 0 Å². The lowest BCUT2D eigenvalue weighted by molar-refractivity contribution is 0.196. The van der Waals surface area contributed by atoms with Crippen LogP contribution in [-0.4, -0.2) is 36.1 Å². The molecular formula is C12H19BrClN3. The Bertz CT molecular complexity index is 342. The maximum absolute atomic E-state index is 4.15. The molecule has 0 spiro atoms. The van der Waals surface area contributed by atoms with Gasteiger partial charge in [-0.05, 0) is 60.1 Å². The van der Waals surface area contributed by atoms with Crippen LogP contribution >= 0.6 is 28.3 Å². The van der Waals surface area contributed by atoms with Crippen molar-refractivity contribution in [1.82, 2.24) is 15.2 Å². The first-order valence-corrected chi connectivity index (χ1v) is 6.56. The second kappa shape index (κ2) is 7.31. The molecule has 1 aliphatic rings. The zero-order valence-electron chi connectivity index (χ0n) is 10.0. The van der Waals surface area contributed by atoms with Crippen LogP contribution in [0.4, 0.5) is 0 Å². The Morgan fingerprint density at radius 1 is 1.59 bits per heavy atom. The predicted molar refractivity (Wildman–Crippen MR) is 76.5 cm³/mol. The molecule has 1 N–H and O–H groups in total. The number of likely N-dealkylation sites (N-methyl/N-ethyl adjacent to an activating group) is 1. The second-order valence-electron chi connectivity index (χ2n) is 4.40. The van der Waals surface area contributed by atoms with E-state index in [2.05, 4.69) is 50.3 Å². The molecular weight excluding hydrogens is 302 g/mol. The number of rotatable bonds is 3. The van der Waals surface area contributed by atoms with Crippen molar-refractivity contribution in [2.24, 2.45) is 0 Å². The number of halogens is 2. The highest BCUT2D eigenvalue weighted by molar-refractivity contribution is 9.10. The van der Waals surface area contributed by atoms with Gasteiger partial charge in [-0.3, -0.25) is 4.90 Å². The lowest BCUT2D eigenvalue weighted by atomic mass is 10.1. The predicted octanol–water partition coefficient (Wildman–Crippen LogP) is 2.45. The standard InChI is InChI=1S/C12H18BrN3.ClH/c1-16(11-3-2-5-14-8-11)9-10-4-6-15-12(13)7-10;/h4,6-7,11,14H,2-3,5,8-9H2,1H3;1H/t11-;/m0./s1. The van der Waals surface area contributed by atoms with Gasteiger partial charge in [-0.2, -0.15) is 0 Å². The fourth-order valence-electron chi connectivity index (χ4n) is 2.17. The fourth-order valence-corrected chi connectivity index (χ4v) is 2.58. The molecule has 0 amide bonds. The van der Waals surface area contributed by atoms with Gasteiger partial charge < -0.3 is 5.32 Å². The minimum Gasteiger partial charge on any atom is -0.315 e. The van der Waals surface area contributed by atoms with Crippen LogP contribution in [0.1, 0.15) is 18.4 Å². The number of nitrogens with one attached hydrogen (secondary N) is 1. The molecule has 2 heterocycles. The fraction of sp³-hybridized carbons (Fsp3) is 0.583. The molecule has 3 nitrogen and oxygen atoms in total. The van der Waals surface area contributed by atoms with Crippen molar-refractivity contribution in [3.8, 4) is 0 Å². The molecule has 2 rings (SSSR count). The van der Waals surface area contributed by atoms with Crippen LogP contribution in [0.25, 0.3) is 0 Å². The Kier molecular flexibility index (Phi) is 6.41. The lowest BCUT2D eigenvalue weighted by Gasteiger charge is -2.31. The summed E-state index contributed by atoms with van der Waals surface area (Å²) in [6, 6.07) is 4.84. The van der Waals surface area contributed by atoms with Gasteiger partial charge in [0.05, 0.1) is 0 Å². The zero-order chi connectivity index (χ0) is 11.4. The van der Waals surface area contributed by atoms with Crippen molar-refractivity contribution in [3.05, 3.63) is 28.5 Å². The molecule has 1 aliphatic heterocycles. The van der Waals surface area contributed by atoms with E-state index >= 15 is 0 Å². The number of hydrogen-bond acceptors (Lipinski definition) is 3. The Labute approximate surface area is 118 Å². The summed E-state index contributed by atoms with van der Waals surface area (Å²) in [5, 5.41) is 3.45. The maximum Gasteiger partial charge on any atom is 0.106 e. The molecule has 1 atom stereocenters. The van der Waals surface area contributed by atoms with Gasteiger partial charge in [0.2, 0.25) is 0 Å². The topological polar surface area (TPSA) is 28.2 Å². The molecule has 1 aromatic heterocycles. The van der Waals surface area contributed by atoms with Crippen LogP contribution in [0.2, 0.25) is 0 Å². The van der Waals surface area contributed by atoms with Crippen LogP contribution in [0, 0.1) is 0 Å². The first-order valence-electron chi connectivity index (χ1n) is 5.77. The van der Waals surface area contributed by atoms with Crippen LogP contribution in [-0.2, 0) is 6.54 Å². The average Bonchev–Trinajstić information content (AvgIpc) is 2.30. The number of aromatic nitrogens is 1. The molecule has 0 bridgehead atoms. The van der Waals surface area contributed by atoms with E-state index < -0.39 is 0 Å². The molecule has 96 valence electrons. The highest BCUT2D eigenvalue weighted by Crippen LogP contribution is 2.14. The van der Waals surface area contributed by atoms with Crippen molar-refractivity contribution >= 4 is 28.3 Å². The SMILES string of the molecule is CN(Cc1ccnc(Br)c1)[C@H]1CCCNC1.Cl. The van der Waals surface area contributed by atoms with Gasteiger partial charge in [0.25, 0.3) is 0 Å². The third-order valence-corrected chi connectivity index (χ3v) is 3.55. The maximum atomic E-state index is 4.15. The number of hydrogen-bond donors (Lipinski definition) is 1. The number of piperidine rings is 1. The molecule has 0 radical (unpaired) electrons. The summed E-state index contributed by atoms with van der Waals surface area (Å²) < 4.78 is 0.917. The summed E-state index contributed by atoms with van der Waals surface area (Å²) >= 11 is 3.41. The van der Waals surface area contributed by atoms with Crippen molar-refractivity contribution in [2.45, 2.75) is 25.4 Å². The lowest BCUT2D eigenvalue weighted by Crippen LogP contribution is -2.43. The summed E-state index contributed by atoms with van der Waals surface area (Å²) in [4.78, 5) is 6.57. The van der Waals surface area contributed by atoms with Gasteiger partial charge in [-0.25, -0.2) is 4.98 Å². The van der Waals surface area contributed by atoms with Gasteiger partial charge in [-0.1, -0.05) is 0 Å². The number of nitrogens with zero attached hydrogens (tertiary/aromatic N) is 2.